The summed E-state index contributed by atoms with van der Waals surface area (Å²) in [5, 5.41) is -2.02. The van der Waals surface area contributed by atoms with Gasteiger partial charge in [0.2, 0.25) is 0 Å². The van der Waals surface area contributed by atoms with E-state index in [4.69, 9.17) is 27.6 Å². The van der Waals surface area contributed by atoms with Crippen LogP contribution < -0.4 is 11.3 Å². The molecular weight excluding hydrogens is 382 g/mol. The van der Waals surface area contributed by atoms with Gasteiger partial charge in [0, 0.05) is 0 Å². The normalized spacial score (nSPS) is 11.9. The fourth-order valence-electron chi connectivity index (χ4n) is 2.37. The number of halogens is 5. The molecule has 0 radical (unpaired) electrons. The van der Waals surface area contributed by atoms with Crippen LogP contribution in [0.1, 0.15) is 11.1 Å². The second kappa shape index (κ2) is 5.93. The van der Waals surface area contributed by atoms with Gasteiger partial charge in [-0.05, 0) is 25.1 Å². The lowest BCUT2D eigenvalue weighted by atomic mass is 10.1. The molecule has 0 bridgehead atoms. The monoisotopic (exact) mass is 389 g/mol. The highest BCUT2D eigenvalue weighted by molar-refractivity contribution is 6.39. The Bertz CT molecular complexity index is 1100. The third kappa shape index (κ3) is 2.94. The Balaban J connectivity index is 2.41. The van der Waals surface area contributed by atoms with Gasteiger partial charge in [-0.3, -0.25) is 4.79 Å². The average molecular weight is 390 g/mol. The molecule has 0 aliphatic carbocycles. The molecule has 0 unspecified atom stereocenters. The van der Waals surface area contributed by atoms with Crippen LogP contribution in [0.5, 0.6) is 0 Å². The molecule has 0 saturated carbocycles. The van der Waals surface area contributed by atoms with Gasteiger partial charge in [0.05, 0.1) is 26.7 Å². The zero-order valence-electron chi connectivity index (χ0n) is 12.4. The van der Waals surface area contributed by atoms with E-state index in [0.717, 1.165) is 11.6 Å². The van der Waals surface area contributed by atoms with E-state index < -0.39 is 38.7 Å². The van der Waals surface area contributed by atoms with Crippen LogP contribution in [0, 0.1) is 6.92 Å². The molecule has 2 aromatic carbocycles. The Morgan fingerprint density at radius 1 is 1.08 bits per heavy atom. The molecule has 0 amide bonds. The van der Waals surface area contributed by atoms with Crippen LogP contribution in [0.25, 0.3) is 16.7 Å². The molecular formula is C16H8Cl2F3NO3. The molecule has 9 heteroatoms. The number of aromatic nitrogens is 1. The fraction of sp³-hybridized carbons (Fsp3) is 0.125. The Morgan fingerprint density at radius 3 is 2.24 bits per heavy atom. The molecule has 3 aromatic rings. The van der Waals surface area contributed by atoms with E-state index in [1.165, 1.54) is 12.1 Å². The summed E-state index contributed by atoms with van der Waals surface area (Å²) in [6.07, 6.45) is -4.87. The molecule has 3 rings (SSSR count). The maximum absolute atomic E-state index is 13.0. The van der Waals surface area contributed by atoms with Crippen LogP contribution in [0.4, 0.5) is 13.2 Å². The summed E-state index contributed by atoms with van der Waals surface area (Å²) in [7, 11) is 0. The summed E-state index contributed by atoms with van der Waals surface area (Å²) < 4.78 is 44.7. The molecule has 0 saturated heterocycles. The predicted molar refractivity (Wildman–Crippen MR) is 87.8 cm³/mol. The Labute approximate surface area is 148 Å². The Kier molecular flexibility index (Phi) is 4.17. The van der Waals surface area contributed by atoms with Crippen molar-refractivity contribution in [3.63, 3.8) is 0 Å². The van der Waals surface area contributed by atoms with Crippen LogP contribution in [-0.2, 0) is 6.18 Å². The van der Waals surface area contributed by atoms with E-state index in [-0.39, 0.29) is 11.1 Å². The van der Waals surface area contributed by atoms with Crippen molar-refractivity contribution in [3.05, 3.63) is 72.4 Å². The molecule has 0 aliphatic heterocycles. The van der Waals surface area contributed by atoms with E-state index in [9.17, 15) is 22.8 Å². The summed E-state index contributed by atoms with van der Waals surface area (Å²) in [6.45, 7) is 1.81. The summed E-state index contributed by atoms with van der Waals surface area (Å²) in [5.41, 5.74) is -1.80. The first kappa shape index (κ1) is 17.6. The molecule has 0 N–H and O–H groups in total. The Hall–Kier alpha value is -2.25. The average Bonchev–Trinajstić information content (AvgIpc) is 2.49. The summed E-state index contributed by atoms with van der Waals surface area (Å²) in [6, 6.07) is 7.14. The van der Waals surface area contributed by atoms with Gasteiger partial charge in [-0.1, -0.05) is 40.9 Å². The first-order chi connectivity index (χ1) is 11.6. The van der Waals surface area contributed by atoms with Crippen molar-refractivity contribution in [3.8, 4) is 5.69 Å². The zero-order chi connectivity index (χ0) is 18.5. The predicted octanol–water partition coefficient (Wildman–Crippen LogP) is 4.58. The van der Waals surface area contributed by atoms with Gasteiger partial charge in [-0.25, -0.2) is 9.36 Å². The summed E-state index contributed by atoms with van der Waals surface area (Å²) in [4.78, 5) is 24.8. The Morgan fingerprint density at radius 2 is 1.68 bits per heavy atom. The fourth-order valence-corrected chi connectivity index (χ4v) is 3.08. The smallest absolute Gasteiger partial charge is 0.407 e. The van der Waals surface area contributed by atoms with Crippen LogP contribution in [0.3, 0.4) is 0 Å². The topological polar surface area (TPSA) is 52.2 Å². The number of aryl methyl sites for hydroxylation is 1. The second-order valence-corrected chi connectivity index (χ2v) is 6.05. The van der Waals surface area contributed by atoms with Crippen molar-refractivity contribution in [2.24, 2.45) is 0 Å². The maximum Gasteiger partial charge on any atom is 0.427 e. The van der Waals surface area contributed by atoms with Crippen molar-refractivity contribution in [1.82, 2.24) is 4.57 Å². The quantitative estimate of drug-likeness (QED) is 0.612. The van der Waals surface area contributed by atoms with Crippen LogP contribution in [-0.4, -0.2) is 4.57 Å². The van der Waals surface area contributed by atoms with Gasteiger partial charge in [0.15, 0.2) is 5.58 Å². The summed E-state index contributed by atoms with van der Waals surface area (Å²) >= 11 is 11.4. The van der Waals surface area contributed by atoms with E-state index in [0.29, 0.717) is 4.57 Å². The summed E-state index contributed by atoms with van der Waals surface area (Å²) in [5.74, 6) is -1.15. The van der Waals surface area contributed by atoms with Crippen molar-refractivity contribution >= 4 is 34.2 Å². The molecule has 1 heterocycles. The number of hydrogen-bond acceptors (Lipinski definition) is 3. The van der Waals surface area contributed by atoms with Crippen molar-refractivity contribution < 1.29 is 17.6 Å². The van der Waals surface area contributed by atoms with E-state index in [1.807, 2.05) is 6.92 Å². The lowest BCUT2D eigenvalue weighted by Gasteiger charge is -2.13. The van der Waals surface area contributed by atoms with Gasteiger partial charge in [0.25, 0.3) is 5.56 Å². The van der Waals surface area contributed by atoms with Gasteiger partial charge >= 0.3 is 11.9 Å². The van der Waals surface area contributed by atoms with E-state index >= 15 is 0 Å². The molecule has 25 heavy (non-hydrogen) atoms. The minimum atomic E-state index is -4.87. The number of nitrogens with zero attached hydrogens (tertiary/aromatic N) is 1. The highest BCUT2D eigenvalue weighted by Gasteiger charge is 2.38. The highest BCUT2D eigenvalue weighted by atomic mass is 35.5. The number of rotatable bonds is 1. The number of fused-ring (bicyclic) bond motifs is 1. The van der Waals surface area contributed by atoms with Crippen molar-refractivity contribution in [2.45, 2.75) is 13.1 Å². The van der Waals surface area contributed by atoms with Crippen LogP contribution in [0.2, 0.25) is 10.0 Å². The van der Waals surface area contributed by atoms with Crippen molar-refractivity contribution in [1.29, 1.82) is 0 Å². The van der Waals surface area contributed by atoms with E-state index in [2.05, 4.69) is 0 Å². The third-order valence-electron chi connectivity index (χ3n) is 3.55. The molecule has 1 aromatic heterocycles. The molecule has 0 atom stereocenters. The number of hydrogen-bond donors (Lipinski definition) is 0. The number of alkyl halides is 3. The third-order valence-corrected chi connectivity index (χ3v) is 4.21. The number of benzene rings is 2. The molecule has 0 aliphatic rings. The molecule has 130 valence electrons. The lowest BCUT2D eigenvalue weighted by Crippen LogP contribution is -2.31. The lowest BCUT2D eigenvalue weighted by molar-refractivity contribution is -0.137. The SMILES string of the molecule is Cc1ccc(-n2c(=O)oc3c(Cl)c(C(F)(F)F)c(Cl)cc3c2=O)cc1. The first-order valence-electron chi connectivity index (χ1n) is 6.83. The van der Waals surface area contributed by atoms with Crippen LogP contribution >= 0.6 is 23.2 Å². The second-order valence-electron chi connectivity index (χ2n) is 5.27. The zero-order valence-corrected chi connectivity index (χ0v) is 14.0. The molecule has 4 nitrogen and oxygen atoms in total. The van der Waals surface area contributed by atoms with Crippen LogP contribution in [0.15, 0.2) is 44.3 Å². The van der Waals surface area contributed by atoms with Gasteiger partial charge in [-0.15, -0.1) is 0 Å². The first-order valence-corrected chi connectivity index (χ1v) is 7.59. The standard InChI is InChI=1S/C16H8Cl2F3NO3/c1-7-2-4-8(5-3-7)22-14(23)9-6-10(17)11(16(19,20)21)12(18)13(9)25-15(22)24/h2-6H,1H3. The maximum atomic E-state index is 13.0. The molecule has 0 fully saturated rings. The minimum absolute atomic E-state index is 0.207. The molecule has 0 spiro atoms. The highest BCUT2D eigenvalue weighted by Crippen LogP contribution is 2.42. The van der Waals surface area contributed by atoms with Gasteiger partial charge in [-0.2, -0.15) is 13.2 Å². The van der Waals surface area contributed by atoms with Crippen molar-refractivity contribution in [2.75, 3.05) is 0 Å². The van der Waals surface area contributed by atoms with Gasteiger partial charge in [0.1, 0.15) is 0 Å². The van der Waals surface area contributed by atoms with Gasteiger partial charge < -0.3 is 4.42 Å². The largest absolute Gasteiger partial charge is 0.427 e. The van der Waals surface area contributed by atoms with E-state index in [1.54, 1.807) is 12.1 Å². The minimum Gasteiger partial charge on any atom is -0.407 e.